The fraction of sp³-hybridized carbons (Fsp3) is 0.538. The summed E-state index contributed by atoms with van der Waals surface area (Å²) in [6.45, 7) is 3.22. The molecule has 1 aromatic carbocycles. The predicted octanol–water partition coefficient (Wildman–Crippen LogP) is 2.52. The molecule has 17 heavy (non-hydrogen) atoms. The van der Waals surface area contributed by atoms with E-state index in [1.54, 1.807) is 0 Å². The molecular formula is C13H15ClO3. The highest BCUT2D eigenvalue weighted by atomic mass is 35.5. The summed E-state index contributed by atoms with van der Waals surface area (Å²) in [4.78, 5) is 0. The summed E-state index contributed by atoms with van der Waals surface area (Å²) in [6.07, 6.45) is -0.0368. The van der Waals surface area contributed by atoms with Gasteiger partial charge in [-0.3, -0.25) is 0 Å². The molecule has 2 heterocycles. The smallest absolute Gasteiger partial charge is 0.204 e. The van der Waals surface area contributed by atoms with Gasteiger partial charge >= 0.3 is 0 Å². The molecule has 1 aromatic rings. The molecule has 1 saturated heterocycles. The lowest BCUT2D eigenvalue weighted by molar-refractivity contribution is -0.223. The van der Waals surface area contributed by atoms with Crippen LogP contribution in [0.3, 0.4) is 0 Å². The number of ether oxygens (including phenoxy) is 3. The molecule has 4 heteroatoms. The summed E-state index contributed by atoms with van der Waals surface area (Å²) in [5.41, 5.74) is 0.978. The SMILES string of the molecule is CC1COc2ccccc2C12OCC(CCl)O2. The lowest BCUT2D eigenvalue weighted by atomic mass is 9.90. The van der Waals surface area contributed by atoms with Gasteiger partial charge in [0.2, 0.25) is 5.79 Å². The van der Waals surface area contributed by atoms with Crippen LogP contribution in [0.4, 0.5) is 0 Å². The molecule has 3 nitrogen and oxygen atoms in total. The topological polar surface area (TPSA) is 27.7 Å². The van der Waals surface area contributed by atoms with Crippen molar-refractivity contribution in [2.24, 2.45) is 5.92 Å². The van der Waals surface area contributed by atoms with Gasteiger partial charge in [0.05, 0.1) is 30.8 Å². The molecule has 3 unspecified atom stereocenters. The van der Waals surface area contributed by atoms with Crippen molar-refractivity contribution in [3.63, 3.8) is 0 Å². The van der Waals surface area contributed by atoms with E-state index in [0.717, 1.165) is 11.3 Å². The van der Waals surface area contributed by atoms with E-state index in [9.17, 15) is 0 Å². The van der Waals surface area contributed by atoms with E-state index in [1.807, 2.05) is 24.3 Å². The molecule has 1 fully saturated rings. The first-order chi connectivity index (χ1) is 8.26. The van der Waals surface area contributed by atoms with Gasteiger partial charge in [-0.2, -0.15) is 0 Å². The molecule has 0 N–H and O–H groups in total. The van der Waals surface area contributed by atoms with Crippen LogP contribution < -0.4 is 4.74 Å². The van der Waals surface area contributed by atoms with Crippen LogP contribution in [-0.2, 0) is 15.3 Å². The Kier molecular flexibility index (Phi) is 2.77. The Morgan fingerprint density at radius 3 is 2.94 bits per heavy atom. The highest BCUT2D eigenvalue weighted by Gasteiger charge is 2.51. The average Bonchev–Trinajstić information content (AvgIpc) is 2.80. The molecule has 92 valence electrons. The van der Waals surface area contributed by atoms with Crippen LogP contribution in [0.5, 0.6) is 5.75 Å². The van der Waals surface area contributed by atoms with Crippen LogP contribution in [0.15, 0.2) is 24.3 Å². The highest BCUT2D eigenvalue weighted by molar-refractivity contribution is 6.18. The lowest BCUT2D eigenvalue weighted by Crippen LogP contribution is -2.42. The second kappa shape index (κ2) is 4.16. The average molecular weight is 255 g/mol. The molecule has 0 aliphatic carbocycles. The number of fused-ring (bicyclic) bond motifs is 2. The van der Waals surface area contributed by atoms with Crippen molar-refractivity contribution >= 4 is 11.6 Å². The zero-order valence-electron chi connectivity index (χ0n) is 9.69. The predicted molar refractivity (Wildman–Crippen MR) is 64.3 cm³/mol. The van der Waals surface area contributed by atoms with Gasteiger partial charge in [0, 0.05) is 5.92 Å². The number of halogens is 1. The molecule has 0 radical (unpaired) electrons. The molecule has 1 spiro atoms. The minimum atomic E-state index is -0.672. The van der Waals surface area contributed by atoms with E-state index >= 15 is 0 Å². The summed E-state index contributed by atoms with van der Waals surface area (Å²) in [6, 6.07) is 7.88. The number of hydrogen-bond acceptors (Lipinski definition) is 3. The normalized spacial score (nSPS) is 35.6. The summed E-state index contributed by atoms with van der Waals surface area (Å²) in [7, 11) is 0. The second-order valence-corrected chi connectivity index (χ2v) is 4.89. The quantitative estimate of drug-likeness (QED) is 0.721. The van der Waals surface area contributed by atoms with E-state index < -0.39 is 5.79 Å². The Bertz CT molecular complexity index is 423. The first kappa shape index (κ1) is 11.3. The van der Waals surface area contributed by atoms with Gasteiger partial charge in [-0.1, -0.05) is 19.1 Å². The van der Waals surface area contributed by atoms with Crippen molar-refractivity contribution in [3.05, 3.63) is 29.8 Å². The van der Waals surface area contributed by atoms with Crippen LogP contribution in [0.2, 0.25) is 0 Å². The number of benzene rings is 1. The van der Waals surface area contributed by atoms with Crippen molar-refractivity contribution in [1.82, 2.24) is 0 Å². The lowest BCUT2D eigenvalue weighted by Gasteiger charge is -2.39. The maximum absolute atomic E-state index is 6.04. The largest absolute Gasteiger partial charge is 0.493 e. The molecule has 0 amide bonds. The van der Waals surface area contributed by atoms with Gasteiger partial charge in [0.1, 0.15) is 5.75 Å². The van der Waals surface area contributed by atoms with Crippen LogP contribution in [0.25, 0.3) is 0 Å². The third kappa shape index (κ3) is 1.65. The first-order valence-corrected chi connectivity index (χ1v) is 6.40. The Morgan fingerprint density at radius 1 is 1.35 bits per heavy atom. The van der Waals surface area contributed by atoms with E-state index in [2.05, 4.69) is 6.92 Å². The van der Waals surface area contributed by atoms with E-state index in [0.29, 0.717) is 19.1 Å². The van der Waals surface area contributed by atoms with Crippen LogP contribution in [0.1, 0.15) is 12.5 Å². The van der Waals surface area contributed by atoms with Gasteiger partial charge < -0.3 is 14.2 Å². The third-order valence-corrected chi connectivity index (χ3v) is 3.74. The maximum Gasteiger partial charge on any atom is 0.204 e. The van der Waals surface area contributed by atoms with Crippen molar-refractivity contribution < 1.29 is 14.2 Å². The Hall–Kier alpha value is -0.770. The molecule has 3 atom stereocenters. The number of para-hydroxylation sites is 1. The van der Waals surface area contributed by atoms with E-state index in [4.69, 9.17) is 25.8 Å². The number of alkyl halides is 1. The fourth-order valence-electron chi connectivity index (χ4n) is 2.48. The zero-order chi connectivity index (χ0) is 11.9. The molecule has 0 aromatic heterocycles. The second-order valence-electron chi connectivity index (χ2n) is 4.58. The Balaban J connectivity index is 2.04. The van der Waals surface area contributed by atoms with Crippen molar-refractivity contribution in [1.29, 1.82) is 0 Å². The molecule has 2 aliphatic rings. The molecule has 2 aliphatic heterocycles. The monoisotopic (exact) mass is 254 g/mol. The van der Waals surface area contributed by atoms with Gasteiger partial charge in [0.25, 0.3) is 0 Å². The van der Waals surface area contributed by atoms with Crippen LogP contribution >= 0.6 is 11.6 Å². The molecule has 0 bridgehead atoms. The van der Waals surface area contributed by atoms with Crippen LogP contribution in [0, 0.1) is 5.92 Å². The summed E-state index contributed by atoms with van der Waals surface area (Å²) in [5.74, 6) is 0.790. The Labute approximate surface area is 106 Å². The summed E-state index contributed by atoms with van der Waals surface area (Å²) < 4.78 is 17.7. The van der Waals surface area contributed by atoms with E-state index in [1.165, 1.54) is 0 Å². The fourth-order valence-corrected chi connectivity index (χ4v) is 2.63. The molecular weight excluding hydrogens is 240 g/mol. The summed E-state index contributed by atoms with van der Waals surface area (Å²) in [5, 5.41) is 0. The van der Waals surface area contributed by atoms with Gasteiger partial charge in [0.15, 0.2) is 0 Å². The summed E-state index contributed by atoms with van der Waals surface area (Å²) >= 11 is 5.85. The first-order valence-electron chi connectivity index (χ1n) is 5.86. The third-order valence-electron chi connectivity index (χ3n) is 3.40. The van der Waals surface area contributed by atoms with Crippen molar-refractivity contribution in [2.75, 3.05) is 19.1 Å². The zero-order valence-corrected chi connectivity index (χ0v) is 10.4. The molecule has 0 saturated carbocycles. The standard InChI is InChI=1S/C13H15ClO3/c1-9-7-15-12-5-3-2-4-11(12)13(9)16-8-10(6-14)17-13/h2-5,9-10H,6-8H2,1H3. The maximum atomic E-state index is 6.04. The van der Waals surface area contributed by atoms with Gasteiger partial charge in [-0.05, 0) is 12.1 Å². The minimum Gasteiger partial charge on any atom is -0.493 e. The number of rotatable bonds is 1. The van der Waals surface area contributed by atoms with Crippen molar-refractivity contribution in [2.45, 2.75) is 18.8 Å². The van der Waals surface area contributed by atoms with Gasteiger partial charge in [-0.15, -0.1) is 11.6 Å². The highest BCUT2D eigenvalue weighted by Crippen LogP contribution is 2.47. The minimum absolute atomic E-state index is 0.0368. The van der Waals surface area contributed by atoms with Crippen molar-refractivity contribution in [3.8, 4) is 5.75 Å². The number of hydrogen-bond donors (Lipinski definition) is 0. The van der Waals surface area contributed by atoms with E-state index in [-0.39, 0.29) is 12.0 Å². The molecule has 3 rings (SSSR count). The van der Waals surface area contributed by atoms with Crippen LogP contribution in [-0.4, -0.2) is 25.2 Å². The Morgan fingerprint density at radius 2 is 2.18 bits per heavy atom. The van der Waals surface area contributed by atoms with Gasteiger partial charge in [-0.25, -0.2) is 0 Å².